The van der Waals surface area contributed by atoms with E-state index in [0.717, 1.165) is 43.0 Å². The number of ether oxygens (including phenoxy) is 1. The van der Waals surface area contributed by atoms with Crippen molar-refractivity contribution in [3.8, 4) is 0 Å². The quantitative estimate of drug-likeness (QED) is 0.806. The van der Waals surface area contributed by atoms with E-state index in [0.29, 0.717) is 6.10 Å². The highest BCUT2D eigenvalue weighted by molar-refractivity contribution is 7.09. The molecule has 0 unspecified atom stereocenters. The molecule has 22 heavy (non-hydrogen) atoms. The summed E-state index contributed by atoms with van der Waals surface area (Å²) in [7, 11) is 0. The molecule has 3 atom stereocenters. The predicted molar refractivity (Wildman–Crippen MR) is 89.2 cm³/mol. The molecule has 6 heteroatoms. The number of aromatic nitrogens is 1. The average molecular weight is 325 g/mol. The van der Waals surface area contributed by atoms with E-state index in [9.17, 15) is 4.79 Å². The molecule has 0 bridgehead atoms. The average Bonchev–Trinajstić information content (AvgIpc) is 3.14. The van der Waals surface area contributed by atoms with Gasteiger partial charge in [0.25, 0.3) is 0 Å². The summed E-state index contributed by atoms with van der Waals surface area (Å²) in [4.78, 5) is 16.6. The van der Waals surface area contributed by atoms with E-state index in [1.807, 2.05) is 19.2 Å². The van der Waals surface area contributed by atoms with Crippen molar-refractivity contribution in [2.75, 3.05) is 6.61 Å². The number of thiazole rings is 1. The Balaban J connectivity index is 1.73. The Hall–Kier alpha value is -1.14. The highest BCUT2D eigenvalue weighted by Crippen LogP contribution is 2.21. The molecule has 124 valence electrons. The number of hydrogen-bond donors (Lipinski definition) is 2. The van der Waals surface area contributed by atoms with Gasteiger partial charge in [-0.2, -0.15) is 0 Å². The van der Waals surface area contributed by atoms with Crippen LogP contribution in [0.25, 0.3) is 0 Å². The molecule has 1 saturated heterocycles. The minimum absolute atomic E-state index is 0.0101. The van der Waals surface area contributed by atoms with Crippen LogP contribution in [0.4, 0.5) is 4.79 Å². The maximum absolute atomic E-state index is 12.1. The second kappa shape index (κ2) is 8.48. The smallest absolute Gasteiger partial charge is 0.315 e. The lowest BCUT2D eigenvalue weighted by Crippen LogP contribution is -2.42. The highest BCUT2D eigenvalue weighted by Gasteiger charge is 2.19. The minimum Gasteiger partial charge on any atom is -0.378 e. The molecule has 2 heterocycles. The molecule has 1 aliphatic rings. The number of nitrogens with one attached hydrogen (secondary N) is 2. The molecule has 0 aromatic carbocycles. The van der Waals surface area contributed by atoms with E-state index in [4.69, 9.17) is 4.74 Å². The minimum atomic E-state index is -0.112. The molecule has 2 N–H and O–H groups in total. The lowest BCUT2D eigenvalue weighted by atomic mass is 10.1. The normalized spacial score (nSPS) is 20.6. The molecule has 0 radical (unpaired) electrons. The van der Waals surface area contributed by atoms with Gasteiger partial charge < -0.3 is 15.4 Å². The number of urea groups is 1. The van der Waals surface area contributed by atoms with Gasteiger partial charge >= 0.3 is 6.03 Å². The molecule has 0 saturated carbocycles. The van der Waals surface area contributed by atoms with Gasteiger partial charge in [0.15, 0.2) is 0 Å². The SMILES string of the molecule is CC[C@H](NC(=O)N[C@H](C)CC[C@H]1CCCO1)c1nc(C)cs1. The third-order valence-corrected chi connectivity index (χ3v) is 5.05. The zero-order valence-corrected chi connectivity index (χ0v) is 14.5. The van der Waals surface area contributed by atoms with E-state index in [1.54, 1.807) is 11.3 Å². The van der Waals surface area contributed by atoms with E-state index >= 15 is 0 Å². The molecule has 1 aromatic rings. The van der Waals surface area contributed by atoms with Crippen molar-refractivity contribution in [2.45, 2.75) is 71.1 Å². The van der Waals surface area contributed by atoms with Crippen LogP contribution in [0.2, 0.25) is 0 Å². The van der Waals surface area contributed by atoms with Crippen LogP contribution in [0.1, 0.15) is 62.7 Å². The van der Waals surface area contributed by atoms with Crippen LogP contribution in [-0.2, 0) is 4.74 Å². The van der Waals surface area contributed by atoms with Crippen LogP contribution in [0.5, 0.6) is 0 Å². The maximum Gasteiger partial charge on any atom is 0.315 e. The summed E-state index contributed by atoms with van der Waals surface area (Å²) in [5, 5.41) is 9.03. The van der Waals surface area contributed by atoms with E-state index < -0.39 is 0 Å². The molecular weight excluding hydrogens is 298 g/mol. The Labute approximate surface area is 136 Å². The number of nitrogens with zero attached hydrogens (tertiary/aromatic N) is 1. The Morgan fingerprint density at radius 3 is 2.95 bits per heavy atom. The van der Waals surface area contributed by atoms with Crippen molar-refractivity contribution in [1.29, 1.82) is 0 Å². The van der Waals surface area contributed by atoms with Crippen molar-refractivity contribution in [3.63, 3.8) is 0 Å². The lowest BCUT2D eigenvalue weighted by Gasteiger charge is -2.19. The van der Waals surface area contributed by atoms with E-state index in [1.165, 1.54) is 6.42 Å². The molecule has 0 aliphatic carbocycles. The van der Waals surface area contributed by atoms with Crippen molar-refractivity contribution in [1.82, 2.24) is 15.6 Å². The molecule has 0 spiro atoms. The number of carbonyl (C=O) groups excluding carboxylic acids is 1. The zero-order chi connectivity index (χ0) is 15.9. The van der Waals surface area contributed by atoms with Gasteiger partial charge in [0.05, 0.1) is 12.1 Å². The second-order valence-corrected chi connectivity index (χ2v) is 6.91. The number of amides is 2. The van der Waals surface area contributed by atoms with Crippen LogP contribution in [0.3, 0.4) is 0 Å². The summed E-state index contributed by atoms with van der Waals surface area (Å²) in [6.07, 6.45) is 5.51. The summed E-state index contributed by atoms with van der Waals surface area (Å²) < 4.78 is 5.62. The number of hydrogen-bond acceptors (Lipinski definition) is 4. The number of rotatable bonds is 7. The molecule has 5 nitrogen and oxygen atoms in total. The summed E-state index contributed by atoms with van der Waals surface area (Å²) in [5.74, 6) is 0. The van der Waals surface area contributed by atoms with Gasteiger partial charge in [0.2, 0.25) is 0 Å². The third kappa shape index (κ3) is 5.25. The van der Waals surface area contributed by atoms with Crippen LogP contribution >= 0.6 is 11.3 Å². The first kappa shape index (κ1) is 17.2. The summed E-state index contributed by atoms with van der Waals surface area (Å²) >= 11 is 1.60. The monoisotopic (exact) mass is 325 g/mol. The van der Waals surface area contributed by atoms with Gasteiger partial charge in [-0.15, -0.1) is 11.3 Å². The standard InChI is InChI=1S/C16H27N3O2S/c1-4-14(15-17-12(3)10-22-15)19-16(20)18-11(2)7-8-13-6-5-9-21-13/h10-11,13-14H,4-9H2,1-3H3,(H2,18,19,20)/t11-,13-,14+/m1/s1. The van der Waals surface area contributed by atoms with Crippen molar-refractivity contribution < 1.29 is 9.53 Å². The Kier molecular flexibility index (Phi) is 6.64. The second-order valence-electron chi connectivity index (χ2n) is 6.02. The Morgan fingerprint density at radius 1 is 1.55 bits per heavy atom. The fraction of sp³-hybridized carbons (Fsp3) is 0.750. The largest absolute Gasteiger partial charge is 0.378 e. The number of aryl methyl sites for hydroxylation is 1. The van der Waals surface area contributed by atoms with Crippen LogP contribution < -0.4 is 10.6 Å². The lowest BCUT2D eigenvalue weighted by molar-refractivity contribution is 0.100. The molecule has 1 aromatic heterocycles. The first-order chi connectivity index (χ1) is 10.6. The van der Waals surface area contributed by atoms with E-state index in [-0.39, 0.29) is 18.1 Å². The molecule has 2 amide bonds. The summed E-state index contributed by atoms with van der Waals surface area (Å²) in [6.45, 7) is 6.96. The first-order valence-corrected chi connectivity index (χ1v) is 9.07. The maximum atomic E-state index is 12.1. The number of carbonyl (C=O) groups is 1. The summed E-state index contributed by atoms with van der Waals surface area (Å²) in [6, 6.07) is 0.0309. The van der Waals surface area contributed by atoms with Crippen LogP contribution in [-0.4, -0.2) is 29.8 Å². The fourth-order valence-corrected chi connectivity index (χ4v) is 3.60. The van der Waals surface area contributed by atoms with Crippen molar-refractivity contribution in [3.05, 3.63) is 16.1 Å². The summed E-state index contributed by atoms with van der Waals surface area (Å²) in [5.41, 5.74) is 1.01. The third-order valence-electron chi connectivity index (χ3n) is 3.97. The molecule has 1 aliphatic heterocycles. The van der Waals surface area contributed by atoms with Gasteiger partial charge in [-0.05, 0) is 46.0 Å². The van der Waals surface area contributed by atoms with Crippen molar-refractivity contribution in [2.24, 2.45) is 0 Å². The van der Waals surface area contributed by atoms with Gasteiger partial charge in [0.1, 0.15) is 5.01 Å². The van der Waals surface area contributed by atoms with E-state index in [2.05, 4.69) is 22.5 Å². The van der Waals surface area contributed by atoms with Crippen LogP contribution in [0.15, 0.2) is 5.38 Å². The Bertz CT molecular complexity index is 472. The zero-order valence-electron chi connectivity index (χ0n) is 13.7. The predicted octanol–water partition coefficient (Wildman–Crippen LogP) is 3.55. The van der Waals surface area contributed by atoms with Crippen molar-refractivity contribution >= 4 is 17.4 Å². The molecule has 2 rings (SSSR count). The first-order valence-electron chi connectivity index (χ1n) is 8.19. The Morgan fingerprint density at radius 2 is 2.36 bits per heavy atom. The van der Waals surface area contributed by atoms with Gasteiger partial charge in [-0.3, -0.25) is 0 Å². The van der Waals surface area contributed by atoms with Crippen LogP contribution in [0, 0.1) is 6.92 Å². The molecular formula is C16H27N3O2S. The topological polar surface area (TPSA) is 63.2 Å². The molecule has 1 fully saturated rings. The van der Waals surface area contributed by atoms with Gasteiger partial charge in [0, 0.05) is 23.7 Å². The highest BCUT2D eigenvalue weighted by atomic mass is 32.1. The van der Waals surface area contributed by atoms with Gasteiger partial charge in [-0.1, -0.05) is 6.92 Å². The van der Waals surface area contributed by atoms with Gasteiger partial charge in [-0.25, -0.2) is 9.78 Å². The fourth-order valence-electron chi connectivity index (χ4n) is 2.67.